The predicted octanol–water partition coefficient (Wildman–Crippen LogP) is 5.97. The summed E-state index contributed by atoms with van der Waals surface area (Å²) in [6, 6.07) is 35.8. The van der Waals surface area contributed by atoms with Gasteiger partial charge in [-0.3, -0.25) is 4.99 Å². The molecule has 1 N–H and O–H groups in total. The Bertz CT molecular complexity index is 1460. The Hall–Kier alpha value is -3.80. The van der Waals surface area contributed by atoms with Gasteiger partial charge in [0.25, 0.3) is 0 Å². The molecule has 4 aromatic rings. The van der Waals surface area contributed by atoms with Gasteiger partial charge in [0, 0.05) is 11.1 Å². The summed E-state index contributed by atoms with van der Waals surface area (Å²) in [4.78, 5) is 5.41. The summed E-state index contributed by atoms with van der Waals surface area (Å²) < 4.78 is 29.7. The molecule has 2 unspecified atom stereocenters. The maximum Gasteiger partial charge on any atom is 0.241 e. The first-order chi connectivity index (χ1) is 17.0. The highest BCUT2D eigenvalue weighted by Crippen LogP contribution is 2.34. The Morgan fingerprint density at radius 1 is 0.686 bits per heavy atom. The van der Waals surface area contributed by atoms with E-state index in [1.54, 1.807) is 24.3 Å². The number of nitrogens with one attached hydrogen (secondary N) is 1. The fraction of sp³-hybridized carbons (Fsp3) is 0.100. The molecule has 1 aliphatic heterocycles. The average molecular weight is 479 g/mol. The van der Waals surface area contributed by atoms with E-state index in [4.69, 9.17) is 4.99 Å². The van der Waals surface area contributed by atoms with Gasteiger partial charge in [0.05, 0.1) is 22.7 Å². The zero-order valence-corrected chi connectivity index (χ0v) is 20.2. The van der Waals surface area contributed by atoms with Crippen LogP contribution in [-0.4, -0.2) is 20.2 Å². The van der Waals surface area contributed by atoms with Crippen molar-refractivity contribution in [3.05, 3.63) is 144 Å². The van der Waals surface area contributed by atoms with E-state index in [2.05, 4.69) is 4.72 Å². The number of rotatable bonds is 6. The summed E-state index contributed by atoms with van der Waals surface area (Å²) in [5.74, 6) is 0. The quantitative estimate of drug-likeness (QED) is 0.371. The van der Waals surface area contributed by atoms with Gasteiger partial charge < -0.3 is 0 Å². The van der Waals surface area contributed by atoms with E-state index >= 15 is 0 Å². The molecular weight excluding hydrogens is 452 g/mol. The van der Waals surface area contributed by atoms with E-state index in [1.165, 1.54) is 0 Å². The van der Waals surface area contributed by atoms with Crippen molar-refractivity contribution in [1.29, 1.82) is 0 Å². The third-order valence-corrected chi connectivity index (χ3v) is 7.58. The van der Waals surface area contributed by atoms with Crippen molar-refractivity contribution in [3.8, 4) is 0 Å². The SMILES string of the molecule is Cc1ccc(S(=O)(=O)NC2C=C(c3ccccc3)C(c3ccccc3)=NC2c2ccccc2)cc1. The molecule has 0 aromatic heterocycles. The minimum absolute atomic E-state index is 0.238. The van der Waals surface area contributed by atoms with Crippen molar-refractivity contribution < 1.29 is 8.42 Å². The summed E-state index contributed by atoms with van der Waals surface area (Å²) in [7, 11) is -3.77. The van der Waals surface area contributed by atoms with E-state index in [1.807, 2.05) is 104 Å². The zero-order valence-electron chi connectivity index (χ0n) is 19.4. The average Bonchev–Trinajstić information content (AvgIpc) is 2.90. The van der Waals surface area contributed by atoms with Crippen molar-refractivity contribution in [2.24, 2.45) is 4.99 Å². The molecule has 5 rings (SSSR count). The van der Waals surface area contributed by atoms with Crippen LogP contribution in [0.25, 0.3) is 5.57 Å². The number of dihydropyridines is 1. The van der Waals surface area contributed by atoms with Gasteiger partial charge in [0.2, 0.25) is 10.0 Å². The van der Waals surface area contributed by atoms with Gasteiger partial charge in [-0.2, -0.15) is 0 Å². The largest absolute Gasteiger partial charge is 0.274 e. The topological polar surface area (TPSA) is 58.5 Å². The standard InChI is InChI=1S/C30H26N2O2S/c1-22-17-19-26(20-18-22)35(33,34)32-28-21-27(23-11-5-2-6-12-23)29(24-13-7-3-8-14-24)31-30(28)25-15-9-4-10-16-25/h2-21,28,30,32H,1H3. The van der Waals surface area contributed by atoms with Gasteiger partial charge >= 0.3 is 0 Å². The molecule has 174 valence electrons. The number of aliphatic imine (C=N–C) groups is 1. The highest BCUT2D eigenvalue weighted by atomic mass is 32.2. The van der Waals surface area contributed by atoms with E-state index in [9.17, 15) is 8.42 Å². The third-order valence-electron chi connectivity index (χ3n) is 6.11. The molecule has 2 atom stereocenters. The molecular formula is C30H26N2O2S. The smallest absolute Gasteiger partial charge is 0.241 e. The second-order valence-electron chi connectivity index (χ2n) is 8.61. The van der Waals surface area contributed by atoms with Gasteiger partial charge in [0.15, 0.2) is 0 Å². The Balaban J connectivity index is 1.64. The maximum atomic E-state index is 13.4. The number of hydrogen-bond acceptors (Lipinski definition) is 3. The van der Waals surface area contributed by atoms with Crippen LogP contribution in [0.4, 0.5) is 0 Å². The third kappa shape index (κ3) is 5.02. The molecule has 4 nitrogen and oxygen atoms in total. The van der Waals surface area contributed by atoms with Gasteiger partial charge in [0.1, 0.15) is 0 Å². The summed E-state index contributed by atoms with van der Waals surface area (Å²) in [5, 5.41) is 0. The second-order valence-corrected chi connectivity index (χ2v) is 10.3. The first-order valence-corrected chi connectivity index (χ1v) is 13.0. The van der Waals surface area contributed by atoms with Crippen LogP contribution >= 0.6 is 0 Å². The first-order valence-electron chi connectivity index (χ1n) is 11.6. The normalized spacial score (nSPS) is 18.0. The van der Waals surface area contributed by atoms with E-state index < -0.39 is 22.1 Å². The summed E-state index contributed by atoms with van der Waals surface area (Å²) >= 11 is 0. The minimum atomic E-state index is -3.77. The lowest BCUT2D eigenvalue weighted by molar-refractivity contribution is 0.541. The van der Waals surface area contributed by atoms with Crippen molar-refractivity contribution in [1.82, 2.24) is 4.72 Å². The Kier molecular flexibility index (Phi) is 6.45. The van der Waals surface area contributed by atoms with Crippen LogP contribution in [0, 0.1) is 6.92 Å². The van der Waals surface area contributed by atoms with Crippen LogP contribution in [-0.2, 0) is 10.0 Å². The van der Waals surface area contributed by atoms with Crippen LogP contribution in [0.2, 0.25) is 0 Å². The van der Waals surface area contributed by atoms with Gasteiger partial charge in [-0.25, -0.2) is 13.1 Å². The zero-order chi connectivity index (χ0) is 24.3. The molecule has 0 fully saturated rings. The Morgan fingerprint density at radius 3 is 1.83 bits per heavy atom. The molecule has 0 saturated carbocycles. The number of hydrogen-bond donors (Lipinski definition) is 1. The predicted molar refractivity (Wildman–Crippen MR) is 142 cm³/mol. The number of nitrogens with zero attached hydrogens (tertiary/aromatic N) is 1. The van der Waals surface area contributed by atoms with Gasteiger partial charge in [-0.05, 0) is 30.2 Å². The second kappa shape index (κ2) is 9.82. The van der Waals surface area contributed by atoms with Crippen molar-refractivity contribution in [2.75, 3.05) is 0 Å². The number of sulfonamides is 1. The number of allylic oxidation sites excluding steroid dienone is 1. The monoisotopic (exact) mass is 478 g/mol. The molecule has 0 amide bonds. The highest BCUT2D eigenvalue weighted by molar-refractivity contribution is 7.89. The van der Waals surface area contributed by atoms with Crippen LogP contribution < -0.4 is 4.72 Å². The summed E-state index contributed by atoms with van der Waals surface area (Å²) in [5.41, 5.74) is 5.68. The molecule has 0 radical (unpaired) electrons. The fourth-order valence-electron chi connectivity index (χ4n) is 4.31. The lowest BCUT2D eigenvalue weighted by atomic mass is 9.87. The van der Waals surface area contributed by atoms with E-state index in [0.29, 0.717) is 0 Å². The Labute approximate surface area is 206 Å². The molecule has 0 spiro atoms. The van der Waals surface area contributed by atoms with Crippen molar-refractivity contribution >= 4 is 21.3 Å². The van der Waals surface area contributed by atoms with Crippen molar-refractivity contribution in [3.63, 3.8) is 0 Å². The van der Waals surface area contributed by atoms with Crippen LogP contribution in [0.3, 0.4) is 0 Å². The first kappa shape index (κ1) is 23.0. The van der Waals surface area contributed by atoms with Crippen LogP contribution in [0.15, 0.2) is 131 Å². The van der Waals surface area contributed by atoms with Gasteiger partial charge in [-0.15, -0.1) is 0 Å². The van der Waals surface area contributed by atoms with Crippen LogP contribution in [0.5, 0.6) is 0 Å². The van der Waals surface area contributed by atoms with Gasteiger partial charge in [-0.1, -0.05) is 115 Å². The molecule has 4 aromatic carbocycles. The summed E-state index contributed by atoms with van der Waals surface area (Å²) in [6.45, 7) is 1.94. The fourth-order valence-corrected chi connectivity index (χ4v) is 5.50. The molecule has 35 heavy (non-hydrogen) atoms. The molecule has 1 aliphatic rings. The lowest BCUT2D eigenvalue weighted by Crippen LogP contribution is -2.40. The summed E-state index contributed by atoms with van der Waals surface area (Å²) in [6.07, 6.45) is 2.01. The van der Waals surface area contributed by atoms with Crippen LogP contribution in [0.1, 0.15) is 28.3 Å². The number of benzene rings is 4. The molecule has 1 heterocycles. The molecule has 0 bridgehead atoms. The Morgan fingerprint density at radius 2 is 1.23 bits per heavy atom. The molecule has 0 aliphatic carbocycles. The maximum absolute atomic E-state index is 13.4. The number of aryl methyl sites for hydroxylation is 1. The lowest BCUT2D eigenvalue weighted by Gasteiger charge is -2.30. The van der Waals surface area contributed by atoms with E-state index in [0.717, 1.165) is 33.5 Å². The minimum Gasteiger partial charge on any atom is -0.274 e. The molecule has 5 heteroatoms. The van der Waals surface area contributed by atoms with Crippen molar-refractivity contribution in [2.45, 2.75) is 23.9 Å². The van der Waals surface area contributed by atoms with E-state index in [-0.39, 0.29) is 4.90 Å². The molecule has 0 saturated heterocycles. The highest BCUT2D eigenvalue weighted by Gasteiger charge is 2.32.